The monoisotopic (exact) mass is 517 g/mol. The third kappa shape index (κ3) is 5.62. The third-order valence-electron chi connectivity index (χ3n) is 5.75. The standard InChI is InChI=1S/C28H27N3O5S/c1-17-14-19(3)26(20(4)15-17)36-28-22(27(32)31-37(33,34)25-8-6-7-13-29-25)11-12-23(30-28)21-10-9-18(2)24(16-21)35-5/h6-16H,1-5H3,(H,31,32). The van der Waals surface area contributed by atoms with Crippen molar-refractivity contribution >= 4 is 15.9 Å². The number of rotatable bonds is 7. The maximum Gasteiger partial charge on any atom is 0.281 e. The van der Waals surface area contributed by atoms with Crippen LogP contribution in [0.2, 0.25) is 0 Å². The number of pyridine rings is 2. The zero-order valence-corrected chi connectivity index (χ0v) is 22.0. The van der Waals surface area contributed by atoms with Crippen LogP contribution in [-0.2, 0) is 10.0 Å². The summed E-state index contributed by atoms with van der Waals surface area (Å²) in [5.41, 5.74) is 4.97. The summed E-state index contributed by atoms with van der Waals surface area (Å²) in [5.74, 6) is 0.318. The molecule has 0 aliphatic rings. The summed E-state index contributed by atoms with van der Waals surface area (Å²) in [6, 6.07) is 17.1. The van der Waals surface area contributed by atoms with Crippen molar-refractivity contribution in [2.45, 2.75) is 32.7 Å². The number of benzene rings is 2. The fourth-order valence-corrected chi connectivity index (χ4v) is 4.91. The summed E-state index contributed by atoms with van der Waals surface area (Å²) >= 11 is 0. The number of ether oxygens (including phenoxy) is 2. The topological polar surface area (TPSA) is 107 Å². The van der Waals surface area contributed by atoms with Crippen LogP contribution in [0, 0.1) is 27.7 Å². The highest BCUT2D eigenvalue weighted by molar-refractivity contribution is 7.90. The molecule has 0 fully saturated rings. The molecule has 1 amide bonds. The van der Waals surface area contributed by atoms with Gasteiger partial charge in [0.15, 0.2) is 5.03 Å². The van der Waals surface area contributed by atoms with E-state index in [0.717, 1.165) is 27.8 Å². The third-order valence-corrected chi connectivity index (χ3v) is 7.00. The maximum absolute atomic E-state index is 13.2. The van der Waals surface area contributed by atoms with E-state index in [9.17, 15) is 13.2 Å². The first-order chi connectivity index (χ1) is 17.6. The lowest BCUT2D eigenvalue weighted by molar-refractivity contribution is 0.0978. The molecule has 8 nitrogen and oxygen atoms in total. The predicted molar refractivity (Wildman–Crippen MR) is 141 cm³/mol. The van der Waals surface area contributed by atoms with Crippen molar-refractivity contribution in [3.8, 4) is 28.6 Å². The number of sulfonamides is 1. The number of aryl methyl sites for hydroxylation is 4. The molecule has 9 heteroatoms. The van der Waals surface area contributed by atoms with Gasteiger partial charge >= 0.3 is 0 Å². The lowest BCUT2D eigenvalue weighted by Gasteiger charge is -2.16. The van der Waals surface area contributed by atoms with E-state index in [-0.39, 0.29) is 16.5 Å². The molecule has 0 unspecified atom stereocenters. The van der Waals surface area contributed by atoms with Gasteiger partial charge in [-0.3, -0.25) is 4.79 Å². The molecule has 0 aliphatic carbocycles. The van der Waals surface area contributed by atoms with Crippen molar-refractivity contribution in [1.82, 2.24) is 14.7 Å². The fraction of sp³-hybridized carbons (Fsp3) is 0.179. The van der Waals surface area contributed by atoms with E-state index < -0.39 is 15.9 Å². The molecule has 1 N–H and O–H groups in total. The summed E-state index contributed by atoms with van der Waals surface area (Å²) in [5, 5.41) is -0.271. The van der Waals surface area contributed by atoms with E-state index in [1.807, 2.05) is 58.0 Å². The summed E-state index contributed by atoms with van der Waals surface area (Å²) in [4.78, 5) is 21.7. The minimum atomic E-state index is -4.21. The van der Waals surface area contributed by atoms with Crippen LogP contribution < -0.4 is 14.2 Å². The average molecular weight is 518 g/mol. The second kappa shape index (κ2) is 10.4. The Morgan fingerprint density at radius 2 is 1.62 bits per heavy atom. The largest absolute Gasteiger partial charge is 0.496 e. The number of aromatic nitrogens is 2. The minimum absolute atomic E-state index is 0.0270. The lowest BCUT2D eigenvalue weighted by atomic mass is 10.1. The van der Waals surface area contributed by atoms with E-state index in [1.165, 1.54) is 24.4 Å². The molecule has 0 saturated heterocycles. The van der Waals surface area contributed by atoms with Crippen LogP contribution in [0.4, 0.5) is 0 Å². The number of carbonyl (C=O) groups excluding carboxylic acids is 1. The smallest absolute Gasteiger partial charge is 0.281 e. The molecule has 0 radical (unpaired) electrons. The van der Waals surface area contributed by atoms with Crippen molar-refractivity contribution < 1.29 is 22.7 Å². The molecular weight excluding hydrogens is 490 g/mol. The van der Waals surface area contributed by atoms with Gasteiger partial charge in [0.1, 0.15) is 17.1 Å². The van der Waals surface area contributed by atoms with Crippen molar-refractivity contribution in [3.05, 3.63) is 94.7 Å². The molecular formula is C28H27N3O5S. The SMILES string of the molecule is COc1cc(-c2ccc(C(=O)NS(=O)(=O)c3ccccn3)c(Oc3c(C)cc(C)cc3C)n2)ccc1C. The van der Waals surface area contributed by atoms with Crippen molar-refractivity contribution in [2.75, 3.05) is 7.11 Å². The summed E-state index contributed by atoms with van der Waals surface area (Å²) in [7, 11) is -2.62. The second-order valence-electron chi connectivity index (χ2n) is 8.67. The Kier molecular flexibility index (Phi) is 7.26. The van der Waals surface area contributed by atoms with Gasteiger partial charge in [-0.25, -0.2) is 14.7 Å². The van der Waals surface area contributed by atoms with Crippen LogP contribution in [0.5, 0.6) is 17.4 Å². The quantitative estimate of drug-likeness (QED) is 0.355. The van der Waals surface area contributed by atoms with Gasteiger partial charge in [-0.1, -0.05) is 35.9 Å². The Bertz CT molecular complexity index is 1560. The molecule has 4 aromatic rings. The zero-order valence-electron chi connectivity index (χ0n) is 21.2. The summed E-state index contributed by atoms with van der Waals surface area (Å²) in [6.45, 7) is 7.71. The highest BCUT2D eigenvalue weighted by atomic mass is 32.2. The minimum Gasteiger partial charge on any atom is -0.496 e. The number of nitrogens with zero attached hydrogens (tertiary/aromatic N) is 2. The number of methoxy groups -OCH3 is 1. The maximum atomic E-state index is 13.2. The summed E-state index contributed by atoms with van der Waals surface area (Å²) in [6.07, 6.45) is 1.34. The summed E-state index contributed by atoms with van der Waals surface area (Å²) < 4.78 is 39.2. The predicted octanol–water partition coefficient (Wildman–Crippen LogP) is 5.30. The van der Waals surface area contributed by atoms with Gasteiger partial charge in [-0.15, -0.1) is 0 Å². The molecule has 0 atom stereocenters. The van der Waals surface area contributed by atoms with Crippen LogP contribution in [0.25, 0.3) is 11.3 Å². The van der Waals surface area contributed by atoms with Crippen LogP contribution in [0.15, 0.2) is 71.9 Å². The molecule has 2 aromatic heterocycles. The number of amides is 1. The number of carbonyl (C=O) groups is 1. The number of nitrogens with one attached hydrogen (secondary N) is 1. The van der Waals surface area contributed by atoms with Crippen molar-refractivity contribution in [1.29, 1.82) is 0 Å². The van der Waals surface area contributed by atoms with E-state index in [0.29, 0.717) is 17.2 Å². The average Bonchev–Trinajstić information content (AvgIpc) is 2.86. The fourth-order valence-electron chi connectivity index (χ4n) is 3.99. The van der Waals surface area contributed by atoms with E-state index in [2.05, 4.69) is 14.7 Å². The first-order valence-electron chi connectivity index (χ1n) is 11.5. The molecule has 4 rings (SSSR count). The Labute approximate surface area is 216 Å². The molecule has 0 saturated carbocycles. The van der Waals surface area contributed by atoms with Crippen LogP contribution in [-0.4, -0.2) is 31.4 Å². The molecule has 0 bridgehead atoms. The normalized spacial score (nSPS) is 11.2. The molecule has 2 aromatic carbocycles. The Morgan fingerprint density at radius 1 is 0.892 bits per heavy atom. The molecule has 2 heterocycles. The Hall–Kier alpha value is -4.24. The van der Waals surface area contributed by atoms with Crippen molar-refractivity contribution in [2.24, 2.45) is 0 Å². The molecule has 37 heavy (non-hydrogen) atoms. The number of hydrogen-bond acceptors (Lipinski definition) is 7. The van der Waals surface area contributed by atoms with Gasteiger partial charge in [0.25, 0.3) is 15.9 Å². The highest BCUT2D eigenvalue weighted by Crippen LogP contribution is 2.33. The number of hydrogen-bond donors (Lipinski definition) is 1. The van der Waals surface area contributed by atoms with Gasteiger partial charge in [0.2, 0.25) is 5.88 Å². The molecule has 0 aliphatic heterocycles. The van der Waals surface area contributed by atoms with Gasteiger partial charge in [0, 0.05) is 11.8 Å². The van der Waals surface area contributed by atoms with E-state index in [1.54, 1.807) is 19.2 Å². The second-order valence-corrected chi connectivity index (χ2v) is 10.3. The van der Waals surface area contributed by atoms with E-state index in [4.69, 9.17) is 9.47 Å². The lowest BCUT2D eigenvalue weighted by Crippen LogP contribution is -2.31. The van der Waals surface area contributed by atoms with Gasteiger partial charge in [-0.05, 0) is 74.7 Å². The van der Waals surface area contributed by atoms with Crippen molar-refractivity contribution in [3.63, 3.8) is 0 Å². The van der Waals surface area contributed by atoms with Gasteiger partial charge < -0.3 is 9.47 Å². The van der Waals surface area contributed by atoms with E-state index >= 15 is 0 Å². The highest BCUT2D eigenvalue weighted by Gasteiger charge is 2.24. The zero-order chi connectivity index (χ0) is 26.7. The first kappa shape index (κ1) is 25.8. The van der Waals surface area contributed by atoms with Crippen LogP contribution in [0.1, 0.15) is 32.6 Å². The molecule has 190 valence electrons. The molecule has 0 spiro atoms. The van der Waals surface area contributed by atoms with Gasteiger partial charge in [0.05, 0.1) is 12.8 Å². The van der Waals surface area contributed by atoms with Gasteiger partial charge in [-0.2, -0.15) is 8.42 Å². The van der Waals surface area contributed by atoms with Crippen LogP contribution in [0.3, 0.4) is 0 Å². The first-order valence-corrected chi connectivity index (χ1v) is 13.0. The van der Waals surface area contributed by atoms with Crippen LogP contribution >= 0.6 is 0 Å². The Morgan fingerprint density at radius 3 is 2.27 bits per heavy atom. The Balaban J connectivity index is 1.80.